The Morgan fingerprint density at radius 3 is 2.66 bits per heavy atom. The molecule has 0 saturated heterocycles. The molecule has 0 bridgehead atoms. The molecule has 150 valence electrons. The zero-order valence-corrected chi connectivity index (χ0v) is 17.3. The van der Waals surface area contributed by atoms with Crippen molar-refractivity contribution in [3.05, 3.63) is 63.3 Å². The summed E-state index contributed by atoms with van der Waals surface area (Å²) in [6, 6.07) is 9.84. The molecular formula is C21H23N5O2S. The normalized spacial score (nSPS) is 18.6. The van der Waals surface area contributed by atoms with Gasteiger partial charge in [0.05, 0.1) is 32.2 Å². The molecule has 0 spiro atoms. The Hall–Kier alpha value is -3.00. The van der Waals surface area contributed by atoms with Gasteiger partial charge in [-0.15, -0.1) is 16.4 Å². The number of primary amides is 1. The number of hydrogen-bond donors (Lipinski definition) is 2. The number of nitrogen functional groups attached to an aromatic ring is 1. The Kier molecular flexibility index (Phi) is 4.74. The molecule has 4 rings (SSSR count). The molecule has 7 nitrogen and oxygen atoms in total. The number of fused-ring (bicyclic) bond motifs is 1. The van der Waals surface area contributed by atoms with Crippen LogP contribution in [0.25, 0.3) is 0 Å². The first-order valence-electron chi connectivity index (χ1n) is 9.51. The number of carbonyl (C=O) groups is 2. The minimum atomic E-state index is -0.690. The summed E-state index contributed by atoms with van der Waals surface area (Å²) in [4.78, 5) is 26.2. The van der Waals surface area contributed by atoms with Crippen molar-refractivity contribution < 1.29 is 9.59 Å². The van der Waals surface area contributed by atoms with Crippen LogP contribution in [0.4, 0.5) is 5.00 Å². The minimum absolute atomic E-state index is 0.00990. The summed E-state index contributed by atoms with van der Waals surface area (Å²) in [5.41, 5.74) is 14.7. The third-order valence-electron chi connectivity index (χ3n) is 6.04. The second kappa shape index (κ2) is 7.11. The van der Waals surface area contributed by atoms with Gasteiger partial charge in [-0.3, -0.25) is 14.3 Å². The number of anilines is 1. The molecular weight excluding hydrogens is 386 g/mol. The number of aromatic nitrogens is 3. The standard InChI is InChI=1S/C21H23N5O2S/c1-12-15(24-25-26(12)2)9-11-21(13-6-4-3-5-7-13)10-8-14-16(19(22)28)20(23)29-17(14)18(21)27/h3-7H,8-11,23H2,1-2H3,(H2,22,28). The largest absolute Gasteiger partial charge is 0.390 e. The van der Waals surface area contributed by atoms with Crippen LogP contribution >= 0.6 is 11.3 Å². The lowest BCUT2D eigenvalue weighted by Gasteiger charge is -2.36. The van der Waals surface area contributed by atoms with Crippen LogP contribution in [0.5, 0.6) is 0 Å². The molecule has 0 saturated carbocycles. The third kappa shape index (κ3) is 3.04. The van der Waals surface area contributed by atoms with E-state index < -0.39 is 11.3 Å². The number of carbonyl (C=O) groups excluding carboxylic acids is 2. The van der Waals surface area contributed by atoms with Crippen LogP contribution in [0.15, 0.2) is 30.3 Å². The van der Waals surface area contributed by atoms with Crippen molar-refractivity contribution in [2.24, 2.45) is 12.8 Å². The van der Waals surface area contributed by atoms with Crippen LogP contribution in [-0.4, -0.2) is 26.7 Å². The van der Waals surface area contributed by atoms with Gasteiger partial charge in [0, 0.05) is 7.05 Å². The first-order valence-corrected chi connectivity index (χ1v) is 10.3. The predicted molar refractivity (Wildman–Crippen MR) is 112 cm³/mol. The summed E-state index contributed by atoms with van der Waals surface area (Å²) in [6.45, 7) is 1.98. The van der Waals surface area contributed by atoms with Crippen LogP contribution in [0.3, 0.4) is 0 Å². The Bertz CT molecular complexity index is 1100. The number of amides is 1. The van der Waals surface area contributed by atoms with Crippen molar-refractivity contribution in [1.82, 2.24) is 15.0 Å². The highest BCUT2D eigenvalue weighted by molar-refractivity contribution is 7.18. The van der Waals surface area contributed by atoms with Crippen molar-refractivity contribution in [3.8, 4) is 0 Å². The van der Waals surface area contributed by atoms with E-state index in [1.54, 1.807) is 4.68 Å². The summed E-state index contributed by atoms with van der Waals surface area (Å²) in [5.74, 6) is -0.564. The molecule has 2 heterocycles. The van der Waals surface area contributed by atoms with E-state index in [9.17, 15) is 9.59 Å². The van der Waals surface area contributed by atoms with Gasteiger partial charge in [-0.2, -0.15) is 0 Å². The molecule has 0 radical (unpaired) electrons. The smallest absolute Gasteiger partial charge is 0.251 e. The molecule has 1 atom stereocenters. The third-order valence-corrected chi connectivity index (χ3v) is 7.10. The molecule has 1 amide bonds. The van der Waals surface area contributed by atoms with Gasteiger partial charge < -0.3 is 11.5 Å². The van der Waals surface area contributed by atoms with Crippen molar-refractivity contribution in [2.75, 3.05) is 5.73 Å². The van der Waals surface area contributed by atoms with Gasteiger partial charge in [0.2, 0.25) is 0 Å². The summed E-state index contributed by atoms with van der Waals surface area (Å²) in [7, 11) is 1.86. The van der Waals surface area contributed by atoms with E-state index in [1.807, 2.05) is 44.3 Å². The van der Waals surface area contributed by atoms with E-state index in [4.69, 9.17) is 11.5 Å². The molecule has 29 heavy (non-hydrogen) atoms. The fourth-order valence-electron chi connectivity index (χ4n) is 4.27. The maximum absolute atomic E-state index is 13.8. The lowest BCUT2D eigenvalue weighted by atomic mass is 9.65. The molecule has 0 aliphatic heterocycles. The van der Waals surface area contributed by atoms with Gasteiger partial charge >= 0.3 is 0 Å². The van der Waals surface area contributed by atoms with E-state index in [2.05, 4.69) is 10.3 Å². The second-order valence-corrected chi connectivity index (χ2v) is 8.59. The monoisotopic (exact) mass is 409 g/mol. The van der Waals surface area contributed by atoms with E-state index in [0.29, 0.717) is 46.7 Å². The van der Waals surface area contributed by atoms with Crippen molar-refractivity contribution in [2.45, 2.75) is 38.0 Å². The molecule has 2 aromatic heterocycles. The Morgan fingerprint density at radius 1 is 1.31 bits per heavy atom. The molecule has 8 heteroatoms. The van der Waals surface area contributed by atoms with Gasteiger partial charge in [0.15, 0.2) is 5.78 Å². The molecule has 1 aliphatic rings. The second-order valence-electron chi connectivity index (χ2n) is 7.54. The maximum atomic E-state index is 13.8. The Balaban J connectivity index is 1.78. The topological polar surface area (TPSA) is 117 Å². The summed E-state index contributed by atoms with van der Waals surface area (Å²) in [6.07, 6.45) is 2.43. The van der Waals surface area contributed by atoms with Gasteiger partial charge in [0.1, 0.15) is 0 Å². The van der Waals surface area contributed by atoms with Crippen molar-refractivity contribution in [1.29, 1.82) is 0 Å². The fourth-order valence-corrected chi connectivity index (χ4v) is 5.43. The van der Waals surface area contributed by atoms with Crippen LogP contribution in [0.2, 0.25) is 0 Å². The van der Waals surface area contributed by atoms with Crippen LogP contribution < -0.4 is 11.5 Å². The average molecular weight is 410 g/mol. The number of nitrogens with two attached hydrogens (primary N) is 2. The number of aryl methyl sites for hydroxylation is 2. The molecule has 1 unspecified atom stereocenters. The lowest BCUT2D eigenvalue weighted by Crippen LogP contribution is -2.40. The number of thiophene rings is 1. The number of rotatable bonds is 5. The number of ketones is 1. The number of nitrogens with zero attached hydrogens (tertiary/aromatic N) is 3. The van der Waals surface area contributed by atoms with E-state index in [1.165, 1.54) is 11.3 Å². The summed E-state index contributed by atoms with van der Waals surface area (Å²) in [5, 5.41) is 8.66. The molecule has 1 aliphatic carbocycles. The molecule has 1 aromatic carbocycles. The van der Waals surface area contributed by atoms with E-state index in [-0.39, 0.29) is 5.78 Å². The SMILES string of the molecule is Cc1c(CCC2(c3ccccc3)CCc3c(sc(N)c3C(N)=O)C2=O)nnn1C. The van der Waals surface area contributed by atoms with Crippen LogP contribution in [-0.2, 0) is 25.3 Å². The zero-order chi connectivity index (χ0) is 20.8. The number of Topliss-reactive ketones (excluding diaryl/α,β-unsaturated/α-hetero) is 1. The molecule has 3 aromatic rings. The Labute approximate surface area is 172 Å². The Morgan fingerprint density at radius 2 is 2.03 bits per heavy atom. The highest BCUT2D eigenvalue weighted by Crippen LogP contribution is 2.46. The van der Waals surface area contributed by atoms with Gasteiger partial charge in [0.25, 0.3) is 5.91 Å². The average Bonchev–Trinajstić information content (AvgIpc) is 3.22. The summed E-state index contributed by atoms with van der Waals surface area (Å²) >= 11 is 1.17. The van der Waals surface area contributed by atoms with Crippen LogP contribution in [0.1, 0.15) is 55.4 Å². The molecule has 0 fully saturated rings. The first kappa shape index (κ1) is 19.3. The predicted octanol–water partition coefficient (Wildman–Crippen LogP) is 2.57. The van der Waals surface area contributed by atoms with Crippen molar-refractivity contribution >= 4 is 28.0 Å². The highest BCUT2D eigenvalue weighted by Gasteiger charge is 2.46. The highest BCUT2D eigenvalue weighted by atomic mass is 32.1. The lowest BCUT2D eigenvalue weighted by molar-refractivity contribution is 0.0854. The van der Waals surface area contributed by atoms with E-state index >= 15 is 0 Å². The van der Waals surface area contributed by atoms with Gasteiger partial charge in [-0.05, 0) is 43.7 Å². The first-order chi connectivity index (χ1) is 13.8. The van der Waals surface area contributed by atoms with Crippen LogP contribution in [0, 0.1) is 6.92 Å². The van der Waals surface area contributed by atoms with E-state index in [0.717, 1.165) is 17.0 Å². The quantitative estimate of drug-likeness (QED) is 0.672. The minimum Gasteiger partial charge on any atom is -0.390 e. The van der Waals surface area contributed by atoms with Crippen molar-refractivity contribution in [3.63, 3.8) is 0 Å². The number of hydrogen-bond acceptors (Lipinski definition) is 6. The molecule has 4 N–H and O–H groups in total. The zero-order valence-electron chi connectivity index (χ0n) is 16.4. The van der Waals surface area contributed by atoms with Gasteiger partial charge in [-0.1, -0.05) is 35.5 Å². The fraction of sp³-hybridized carbons (Fsp3) is 0.333. The maximum Gasteiger partial charge on any atom is 0.251 e. The van der Waals surface area contributed by atoms with Gasteiger partial charge in [-0.25, -0.2) is 0 Å². The summed E-state index contributed by atoms with van der Waals surface area (Å²) < 4.78 is 1.74. The number of benzene rings is 1.